The summed E-state index contributed by atoms with van der Waals surface area (Å²) in [4.78, 5) is 0. The van der Waals surface area contributed by atoms with Crippen molar-refractivity contribution in [3.63, 3.8) is 0 Å². The molecule has 88 valence electrons. The molecular formula is C15H15BrO. The summed E-state index contributed by atoms with van der Waals surface area (Å²) in [6.45, 7) is 4.05. The second-order valence-corrected chi connectivity index (χ2v) is 5.13. The van der Waals surface area contributed by atoms with Crippen molar-refractivity contribution in [1.29, 1.82) is 0 Å². The lowest BCUT2D eigenvalue weighted by molar-refractivity contribution is 0.219. The molecule has 0 heterocycles. The van der Waals surface area contributed by atoms with Gasteiger partial charge in [0.15, 0.2) is 0 Å². The minimum atomic E-state index is -0.553. The van der Waals surface area contributed by atoms with Crippen molar-refractivity contribution in [3.05, 3.63) is 69.2 Å². The quantitative estimate of drug-likeness (QED) is 0.881. The van der Waals surface area contributed by atoms with Gasteiger partial charge in [0, 0.05) is 4.47 Å². The maximum Gasteiger partial charge on any atom is 0.104 e. The zero-order chi connectivity index (χ0) is 12.4. The van der Waals surface area contributed by atoms with Crippen molar-refractivity contribution >= 4 is 15.9 Å². The van der Waals surface area contributed by atoms with Crippen molar-refractivity contribution in [1.82, 2.24) is 0 Å². The molecule has 2 aromatic rings. The van der Waals surface area contributed by atoms with Crippen molar-refractivity contribution in [2.45, 2.75) is 20.0 Å². The second kappa shape index (κ2) is 5.03. The highest BCUT2D eigenvalue weighted by Crippen LogP contribution is 2.29. The Morgan fingerprint density at radius 2 is 1.65 bits per heavy atom. The Hall–Kier alpha value is -1.12. The predicted octanol–water partition coefficient (Wildman–Crippen LogP) is 4.15. The van der Waals surface area contributed by atoms with E-state index in [9.17, 15) is 5.11 Å². The second-order valence-electron chi connectivity index (χ2n) is 4.27. The number of hydrogen-bond acceptors (Lipinski definition) is 1. The first-order chi connectivity index (χ1) is 8.09. The Balaban J connectivity index is 2.44. The maximum absolute atomic E-state index is 10.4. The van der Waals surface area contributed by atoms with Gasteiger partial charge < -0.3 is 5.11 Å². The van der Waals surface area contributed by atoms with E-state index < -0.39 is 6.10 Å². The Bertz CT molecular complexity index is 520. The zero-order valence-electron chi connectivity index (χ0n) is 9.94. The fourth-order valence-electron chi connectivity index (χ4n) is 1.91. The normalized spacial score (nSPS) is 12.5. The van der Waals surface area contributed by atoms with E-state index in [1.54, 1.807) is 0 Å². The zero-order valence-corrected chi connectivity index (χ0v) is 11.5. The molecular weight excluding hydrogens is 276 g/mol. The first-order valence-electron chi connectivity index (χ1n) is 5.59. The van der Waals surface area contributed by atoms with Crippen molar-refractivity contribution in [3.8, 4) is 0 Å². The summed E-state index contributed by atoms with van der Waals surface area (Å²) in [5.41, 5.74) is 4.13. The molecule has 0 spiro atoms. The molecule has 0 aliphatic rings. The van der Waals surface area contributed by atoms with Crippen LogP contribution in [0.4, 0.5) is 0 Å². The van der Waals surface area contributed by atoms with E-state index >= 15 is 0 Å². The van der Waals surface area contributed by atoms with Gasteiger partial charge >= 0.3 is 0 Å². The van der Waals surface area contributed by atoms with E-state index in [-0.39, 0.29) is 0 Å². The molecule has 0 bridgehead atoms. The van der Waals surface area contributed by atoms with E-state index in [0.29, 0.717) is 0 Å². The highest BCUT2D eigenvalue weighted by atomic mass is 79.9. The van der Waals surface area contributed by atoms with E-state index in [0.717, 1.165) is 26.7 Å². The third-order valence-electron chi connectivity index (χ3n) is 2.96. The Kier molecular flexibility index (Phi) is 3.65. The van der Waals surface area contributed by atoms with E-state index in [1.807, 2.05) is 50.2 Å². The number of aliphatic hydroxyl groups is 1. The van der Waals surface area contributed by atoms with Crippen LogP contribution in [-0.4, -0.2) is 5.11 Å². The lowest BCUT2D eigenvalue weighted by atomic mass is 9.96. The number of aliphatic hydroxyl groups excluding tert-OH is 1. The molecule has 0 aliphatic heterocycles. The minimum Gasteiger partial charge on any atom is -0.384 e. The lowest BCUT2D eigenvalue weighted by Crippen LogP contribution is -2.02. The molecule has 17 heavy (non-hydrogen) atoms. The van der Waals surface area contributed by atoms with Gasteiger partial charge in [0.2, 0.25) is 0 Å². The molecule has 0 radical (unpaired) electrons. The molecule has 0 saturated heterocycles. The Morgan fingerprint density at radius 3 is 2.29 bits per heavy atom. The fraction of sp³-hybridized carbons (Fsp3) is 0.200. The average Bonchev–Trinajstić information content (AvgIpc) is 2.34. The number of halogens is 1. The molecule has 2 heteroatoms. The monoisotopic (exact) mass is 290 g/mol. The van der Waals surface area contributed by atoms with Crippen molar-refractivity contribution in [2.75, 3.05) is 0 Å². The van der Waals surface area contributed by atoms with Gasteiger partial charge in [-0.3, -0.25) is 0 Å². The Labute approximate surface area is 110 Å². The van der Waals surface area contributed by atoms with Crippen LogP contribution in [0.15, 0.2) is 46.9 Å². The molecule has 0 amide bonds. The van der Waals surface area contributed by atoms with Crippen LogP contribution in [0.2, 0.25) is 0 Å². The van der Waals surface area contributed by atoms with Gasteiger partial charge in [-0.2, -0.15) is 0 Å². The minimum absolute atomic E-state index is 0.553. The molecule has 0 aromatic heterocycles. The third-order valence-corrected chi connectivity index (χ3v) is 3.81. The predicted molar refractivity (Wildman–Crippen MR) is 74.1 cm³/mol. The van der Waals surface area contributed by atoms with Crippen LogP contribution in [-0.2, 0) is 0 Å². The molecule has 2 rings (SSSR count). The van der Waals surface area contributed by atoms with Crippen molar-refractivity contribution < 1.29 is 5.11 Å². The van der Waals surface area contributed by atoms with Crippen LogP contribution in [0, 0.1) is 13.8 Å². The molecule has 0 saturated carbocycles. The summed E-state index contributed by atoms with van der Waals surface area (Å²) in [5.74, 6) is 0. The summed E-state index contributed by atoms with van der Waals surface area (Å²) < 4.78 is 1.08. The number of hydrogen-bond donors (Lipinski definition) is 1. The molecule has 1 nitrogen and oxygen atoms in total. The fourth-order valence-corrected chi connectivity index (χ4v) is 2.37. The maximum atomic E-state index is 10.4. The first kappa shape index (κ1) is 12.3. The Morgan fingerprint density at radius 1 is 1.00 bits per heavy atom. The molecule has 0 aliphatic carbocycles. The SMILES string of the molecule is Cc1cc(C(O)c2ccccc2)c(C)cc1Br. The standard InChI is InChI=1S/C15H15BrO/c1-10-9-14(16)11(2)8-13(10)15(17)12-6-4-3-5-7-12/h3-9,15,17H,1-2H3. The highest BCUT2D eigenvalue weighted by molar-refractivity contribution is 9.10. The van der Waals surface area contributed by atoms with Gasteiger partial charge in [-0.1, -0.05) is 52.3 Å². The lowest BCUT2D eigenvalue weighted by Gasteiger charge is -2.15. The van der Waals surface area contributed by atoms with E-state index in [1.165, 1.54) is 0 Å². The summed E-state index contributed by atoms with van der Waals surface area (Å²) in [6.07, 6.45) is -0.553. The summed E-state index contributed by atoms with van der Waals surface area (Å²) in [6, 6.07) is 13.8. The summed E-state index contributed by atoms with van der Waals surface area (Å²) in [5, 5.41) is 10.4. The number of aryl methyl sites for hydroxylation is 2. The summed E-state index contributed by atoms with van der Waals surface area (Å²) >= 11 is 3.50. The van der Waals surface area contributed by atoms with Gasteiger partial charge in [-0.05, 0) is 42.2 Å². The van der Waals surface area contributed by atoms with Crippen molar-refractivity contribution in [2.24, 2.45) is 0 Å². The molecule has 2 aromatic carbocycles. The van der Waals surface area contributed by atoms with E-state index in [4.69, 9.17) is 0 Å². The molecule has 1 atom stereocenters. The van der Waals surface area contributed by atoms with Crippen LogP contribution in [0.3, 0.4) is 0 Å². The van der Waals surface area contributed by atoms with Crippen LogP contribution in [0.1, 0.15) is 28.4 Å². The number of benzene rings is 2. The van der Waals surface area contributed by atoms with Gasteiger partial charge in [-0.25, -0.2) is 0 Å². The smallest absolute Gasteiger partial charge is 0.104 e. The summed E-state index contributed by atoms with van der Waals surface area (Å²) in [7, 11) is 0. The highest BCUT2D eigenvalue weighted by Gasteiger charge is 2.13. The van der Waals surface area contributed by atoms with Crippen LogP contribution in [0.5, 0.6) is 0 Å². The molecule has 1 unspecified atom stereocenters. The van der Waals surface area contributed by atoms with Crippen LogP contribution < -0.4 is 0 Å². The van der Waals surface area contributed by atoms with Crippen LogP contribution in [0.25, 0.3) is 0 Å². The van der Waals surface area contributed by atoms with Gasteiger partial charge in [0.25, 0.3) is 0 Å². The van der Waals surface area contributed by atoms with Gasteiger partial charge in [-0.15, -0.1) is 0 Å². The van der Waals surface area contributed by atoms with Gasteiger partial charge in [0.05, 0.1) is 0 Å². The van der Waals surface area contributed by atoms with Gasteiger partial charge in [0.1, 0.15) is 6.10 Å². The molecule has 1 N–H and O–H groups in total. The molecule has 0 fully saturated rings. The van der Waals surface area contributed by atoms with E-state index in [2.05, 4.69) is 22.0 Å². The average molecular weight is 291 g/mol. The number of rotatable bonds is 2. The topological polar surface area (TPSA) is 20.2 Å². The van der Waals surface area contributed by atoms with Crippen LogP contribution >= 0.6 is 15.9 Å². The largest absolute Gasteiger partial charge is 0.384 e. The first-order valence-corrected chi connectivity index (χ1v) is 6.38. The third kappa shape index (κ3) is 2.59.